The third-order valence-electron chi connectivity index (χ3n) is 2.78. The summed E-state index contributed by atoms with van der Waals surface area (Å²) in [5, 5.41) is 15.9. The highest BCUT2D eigenvalue weighted by molar-refractivity contribution is 7.98. The molecule has 0 saturated heterocycles. The molecule has 1 N–H and O–H groups in total. The van der Waals surface area contributed by atoms with Crippen molar-refractivity contribution in [3.63, 3.8) is 0 Å². The Kier molecular flexibility index (Phi) is 5.82. The van der Waals surface area contributed by atoms with E-state index in [1.165, 1.54) is 5.56 Å². The number of nitrogens with one attached hydrogen (secondary N) is 1. The topological polar surface area (TPSA) is 64.9 Å². The summed E-state index contributed by atoms with van der Waals surface area (Å²) < 4.78 is 6.97. The van der Waals surface area contributed by atoms with Crippen LogP contribution < -0.4 is 10.1 Å². The van der Waals surface area contributed by atoms with E-state index in [1.807, 2.05) is 16.8 Å². The van der Waals surface area contributed by atoms with Gasteiger partial charge in [-0.05, 0) is 34.7 Å². The first-order chi connectivity index (χ1) is 9.83. The second-order valence-electron chi connectivity index (χ2n) is 4.17. The van der Waals surface area contributed by atoms with Crippen molar-refractivity contribution in [3.8, 4) is 5.75 Å². The van der Waals surface area contributed by atoms with Crippen molar-refractivity contribution in [1.29, 1.82) is 0 Å². The molecule has 0 radical (unpaired) electrons. The smallest absolute Gasteiger partial charge is 0.209 e. The Morgan fingerprint density at radius 3 is 2.80 bits per heavy atom. The number of methoxy groups -OCH3 is 1. The molecule has 0 fully saturated rings. The highest BCUT2D eigenvalue weighted by Crippen LogP contribution is 2.21. The number of ether oxygens (including phenoxy) is 1. The van der Waals surface area contributed by atoms with Gasteiger partial charge in [0.25, 0.3) is 0 Å². The molecule has 0 saturated carbocycles. The van der Waals surface area contributed by atoms with Crippen LogP contribution in [0.15, 0.2) is 29.4 Å². The molecule has 0 bridgehead atoms. The van der Waals surface area contributed by atoms with Gasteiger partial charge in [0.2, 0.25) is 5.16 Å². The van der Waals surface area contributed by atoms with Gasteiger partial charge in [0, 0.05) is 12.3 Å². The summed E-state index contributed by atoms with van der Waals surface area (Å²) in [5.74, 6) is 1.71. The van der Waals surface area contributed by atoms with E-state index in [1.54, 1.807) is 18.9 Å². The number of benzene rings is 1. The van der Waals surface area contributed by atoms with Crippen molar-refractivity contribution in [2.24, 2.45) is 0 Å². The fraction of sp³-hybridized carbons (Fsp3) is 0.462. The maximum Gasteiger partial charge on any atom is 0.209 e. The van der Waals surface area contributed by atoms with Crippen molar-refractivity contribution in [3.05, 3.63) is 29.8 Å². The van der Waals surface area contributed by atoms with Crippen LogP contribution in [0.4, 0.5) is 0 Å². The molecule has 0 aliphatic heterocycles. The van der Waals surface area contributed by atoms with E-state index < -0.39 is 0 Å². The van der Waals surface area contributed by atoms with Gasteiger partial charge in [-0.3, -0.25) is 0 Å². The predicted octanol–water partition coefficient (Wildman–Crippen LogP) is 1.58. The number of hydrogen-bond acceptors (Lipinski definition) is 6. The summed E-state index contributed by atoms with van der Waals surface area (Å²) in [4.78, 5) is 0. The lowest BCUT2D eigenvalue weighted by Gasteiger charge is -2.05. The number of likely N-dealkylation sites (N-methyl/N-ethyl adjacent to an activating group) is 1. The van der Waals surface area contributed by atoms with Crippen molar-refractivity contribution in [2.45, 2.75) is 24.4 Å². The summed E-state index contributed by atoms with van der Waals surface area (Å²) in [5.41, 5.74) is 1.22. The highest BCUT2D eigenvalue weighted by Gasteiger charge is 2.06. The maximum absolute atomic E-state index is 5.14. The van der Waals surface area contributed by atoms with Crippen LogP contribution in [-0.4, -0.2) is 40.4 Å². The molecule has 6 nitrogen and oxygen atoms in total. The number of aromatic nitrogens is 4. The van der Waals surface area contributed by atoms with Crippen LogP contribution in [0.5, 0.6) is 5.75 Å². The quantitative estimate of drug-likeness (QED) is 0.589. The van der Waals surface area contributed by atoms with Gasteiger partial charge in [0.15, 0.2) is 0 Å². The molecule has 1 aromatic carbocycles. The monoisotopic (exact) mass is 293 g/mol. The molecule has 7 heteroatoms. The molecule has 0 amide bonds. The maximum atomic E-state index is 5.14. The van der Waals surface area contributed by atoms with Crippen molar-refractivity contribution in [2.75, 3.05) is 20.2 Å². The summed E-state index contributed by atoms with van der Waals surface area (Å²) in [6.45, 7) is 4.69. The van der Waals surface area contributed by atoms with E-state index >= 15 is 0 Å². The Bertz CT molecular complexity index is 514. The molecule has 108 valence electrons. The fourth-order valence-electron chi connectivity index (χ4n) is 1.67. The molecule has 20 heavy (non-hydrogen) atoms. The third-order valence-corrected chi connectivity index (χ3v) is 3.80. The van der Waals surface area contributed by atoms with Gasteiger partial charge in [0.1, 0.15) is 5.75 Å². The standard InChI is InChI=1S/C13H19N5OS/c1-3-14-8-9-18-13(15-16-17-18)20-10-11-4-6-12(19-2)7-5-11/h4-7,14H,3,8-10H2,1-2H3. The molecule has 2 aromatic rings. The molecule has 2 rings (SSSR count). The van der Waals surface area contributed by atoms with E-state index in [-0.39, 0.29) is 0 Å². The molecule has 0 unspecified atom stereocenters. The lowest BCUT2D eigenvalue weighted by molar-refractivity contribution is 0.414. The van der Waals surface area contributed by atoms with Gasteiger partial charge in [-0.1, -0.05) is 30.8 Å². The van der Waals surface area contributed by atoms with Crippen LogP contribution >= 0.6 is 11.8 Å². The second-order valence-corrected chi connectivity index (χ2v) is 5.12. The van der Waals surface area contributed by atoms with Crippen molar-refractivity contribution in [1.82, 2.24) is 25.5 Å². The molecule has 0 aliphatic carbocycles. The van der Waals surface area contributed by atoms with Crippen LogP contribution in [0.3, 0.4) is 0 Å². The molecule has 0 aliphatic rings. The first-order valence-electron chi connectivity index (χ1n) is 6.56. The second kappa shape index (κ2) is 7.86. The van der Waals surface area contributed by atoms with Crippen LogP contribution in [-0.2, 0) is 12.3 Å². The zero-order valence-corrected chi connectivity index (χ0v) is 12.6. The Morgan fingerprint density at radius 1 is 1.30 bits per heavy atom. The zero-order valence-electron chi connectivity index (χ0n) is 11.7. The minimum Gasteiger partial charge on any atom is -0.497 e. The average molecular weight is 293 g/mol. The molecule has 1 heterocycles. The normalized spacial score (nSPS) is 10.7. The first kappa shape index (κ1) is 14.8. The Labute approximate surface area is 122 Å². The van der Waals surface area contributed by atoms with Crippen molar-refractivity contribution < 1.29 is 4.74 Å². The lowest BCUT2D eigenvalue weighted by Crippen LogP contribution is -2.20. The van der Waals surface area contributed by atoms with Crippen LogP contribution in [0.2, 0.25) is 0 Å². The van der Waals surface area contributed by atoms with E-state index in [9.17, 15) is 0 Å². The van der Waals surface area contributed by atoms with Gasteiger partial charge in [-0.25, -0.2) is 4.68 Å². The SMILES string of the molecule is CCNCCn1nnnc1SCc1ccc(OC)cc1. The summed E-state index contributed by atoms with van der Waals surface area (Å²) in [6.07, 6.45) is 0. The van der Waals surface area contributed by atoms with E-state index in [4.69, 9.17) is 4.74 Å². The van der Waals surface area contributed by atoms with Crippen LogP contribution in [0, 0.1) is 0 Å². The van der Waals surface area contributed by atoms with Crippen molar-refractivity contribution >= 4 is 11.8 Å². The number of thioether (sulfide) groups is 1. The van der Waals surface area contributed by atoms with Gasteiger partial charge < -0.3 is 10.1 Å². The first-order valence-corrected chi connectivity index (χ1v) is 7.54. The van der Waals surface area contributed by atoms with Gasteiger partial charge in [-0.15, -0.1) is 5.10 Å². The number of tetrazole rings is 1. The largest absolute Gasteiger partial charge is 0.497 e. The van der Waals surface area contributed by atoms with E-state index in [0.29, 0.717) is 0 Å². The minimum atomic E-state index is 0.784. The Morgan fingerprint density at radius 2 is 2.10 bits per heavy atom. The lowest BCUT2D eigenvalue weighted by atomic mass is 10.2. The number of hydrogen-bond donors (Lipinski definition) is 1. The Balaban J connectivity index is 1.88. The average Bonchev–Trinajstić information content (AvgIpc) is 2.93. The minimum absolute atomic E-state index is 0.784. The van der Waals surface area contributed by atoms with Crippen LogP contribution in [0.1, 0.15) is 12.5 Å². The summed E-state index contributed by atoms with van der Waals surface area (Å²) in [7, 11) is 1.67. The van der Waals surface area contributed by atoms with Gasteiger partial charge in [-0.2, -0.15) is 0 Å². The fourth-order valence-corrected chi connectivity index (χ4v) is 2.53. The number of nitrogens with zero attached hydrogens (tertiary/aromatic N) is 4. The molecule has 0 spiro atoms. The van der Waals surface area contributed by atoms with Gasteiger partial charge >= 0.3 is 0 Å². The molecular formula is C13H19N5OS. The molecule has 1 aromatic heterocycles. The molecule has 0 atom stereocenters. The third kappa shape index (κ3) is 4.21. The van der Waals surface area contributed by atoms with Crippen LogP contribution in [0.25, 0.3) is 0 Å². The van der Waals surface area contributed by atoms with E-state index in [2.05, 4.69) is 39.9 Å². The highest BCUT2D eigenvalue weighted by atomic mass is 32.2. The summed E-state index contributed by atoms with van der Waals surface area (Å²) >= 11 is 1.64. The molecular weight excluding hydrogens is 274 g/mol. The number of rotatable bonds is 8. The summed E-state index contributed by atoms with van der Waals surface area (Å²) in [6, 6.07) is 8.03. The van der Waals surface area contributed by atoms with E-state index in [0.717, 1.165) is 36.3 Å². The zero-order chi connectivity index (χ0) is 14.2. The predicted molar refractivity (Wildman–Crippen MR) is 78.9 cm³/mol. The van der Waals surface area contributed by atoms with Gasteiger partial charge in [0.05, 0.1) is 13.7 Å². The Hall–Kier alpha value is -1.60.